The molecule has 0 spiro atoms. The van der Waals surface area contributed by atoms with Gasteiger partial charge in [-0.1, -0.05) is 0 Å². The molecule has 0 saturated heterocycles. The van der Waals surface area contributed by atoms with Crippen LogP contribution in [0.15, 0.2) is 24.4 Å². The quantitative estimate of drug-likeness (QED) is 0.655. The van der Waals surface area contributed by atoms with Gasteiger partial charge in [0, 0.05) is 18.6 Å². The van der Waals surface area contributed by atoms with Crippen LogP contribution in [0.1, 0.15) is 0 Å². The lowest BCUT2D eigenvalue weighted by atomic mass is 10.2. The summed E-state index contributed by atoms with van der Waals surface area (Å²) in [5, 5.41) is 0.810. The molecule has 3 heteroatoms. The summed E-state index contributed by atoms with van der Waals surface area (Å²) in [6, 6.07) is 4.90. The molecule has 0 aliphatic rings. The average Bonchev–Trinajstić information content (AvgIpc) is 2.50. The van der Waals surface area contributed by atoms with Crippen molar-refractivity contribution in [1.29, 1.82) is 0 Å². The molecule has 1 aromatic carbocycles. The Balaban J connectivity index is 2.87. The van der Waals surface area contributed by atoms with Crippen molar-refractivity contribution in [2.24, 2.45) is 7.05 Å². The van der Waals surface area contributed by atoms with E-state index in [4.69, 9.17) is 4.74 Å². The van der Waals surface area contributed by atoms with E-state index in [1.165, 1.54) is 6.07 Å². The highest BCUT2D eigenvalue weighted by atomic mass is 19.1. The third kappa shape index (κ3) is 1.08. The van der Waals surface area contributed by atoms with E-state index in [1.54, 1.807) is 17.7 Å². The number of aromatic nitrogens is 1. The Morgan fingerprint density at radius 2 is 2.08 bits per heavy atom. The molecule has 68 valence electrons. The SMILES string of the molecule is COc1ccc(F)c2c1ccn2C. The van der Waals surface area contributed by atoms with Crippen LogP contribution in [0.5, 0.6) is 5.75 Å². The standard InChI is InChI=1S/C10H10FNO/c1-12-6-5-7-9(13-2)4-3-8(11)10(7)12/h3-6H,1-2H3. The predicted octanol–water partition coefficient (Wildman–Crippen LogP) is 2.33. The summed E-state index contributed by atoms with van der Waals surface area (Å²) in [6.07, 6.45) is 1.82. The smallest absolute Gasteiger partial charge is 0.147 e. The number of hydrogen-bond donors (Lipinski definition) is 0. The van der Waals surface area contributed by atoms with Crippen LogP contribution in [0.3, 0.4) is 0 Å². The van der Waals surface area contributed by atoms with Crippen LogP contribution in [0, 0.1) is 5.82 Å². The van der Waals surface area contributed by atoms with Crippen molar-refractivity contribution in [3.8, 4) is 5.75 Å². The fraction of sp³-hybridized carbons (Fsp3) is 0.200. The van der Waals surface area contributed by atoms with Crippen molar-refractivity contribution in [3.63, 3.8) is 0 Å². The van der Waals surface area contributed by atoms with Gasteiger partial charge in [0.2, 0.25) is 0 Å². The number of ether oxygens (including phenoxy) is 1. The highest BCUT2D eigenvalue weighted by molar-refractivity contribution is 5.86. The molecule has 0 radical (unpaired) electrons. The molecule has 2 rings (SSSR count). The molecular weight excluding hydrogens is 169 g/mol. The minimum absolute atomic E-state index is 0.219. The first kappa shape index (κ1) is 8.10. The number of nitrogens with zero attached hydrogens (tertiary/aromatic N) is 1. The third-order valence-corrected chi connectivity index (χ3v) is 2.17. The zero-order valence-electron chi connectivity index (χ0n) is 7.54. The van der Waals surface area contributed by atoms with Crippen LogP contribution in [-0.4, -0.2) is 11.7 Å². The normalized spacial score (nSPS) is 10.7. The molecule has 1 heterocycles. The lowest BCUT2D eigenvalue weighted by Crippen LogP contribution is -1.90. The molecule has 0 bridgehead atoms. The van der Waals surface area contributed by atoms with E-state index in [2.05, 4.69) is 0 Å². The van der Waals surface area contributed by atoms with E-state index in [0.29, 0.717) is 11.3 Å². The second-order valence-electron chi connectivity index (χ2n) is 2.94. The van der Waals surface area contributed by atoms with Crippen LogP contribution in [-0.2, 0) is 7.05 Å². The monoisotopic (exact) mass is 179 g/mol. The first-order chi connectivity index (χ1) is 6.24. The largest absolute Gasteiger partial charge is 0.496 e. The summed E-state index contributed by atoms with van der Waals surface area (Å²) in [6.45, 7) is 0. The summed E-state index contributed by atoms with van der Waals surface area (Å²) in [5.74, 6) is 0.486. The minimum Gasteiger partial charge on any atom is -0.496 e. The zero-order chi connectivity index (χ0) is 9.42. The minimum atomic E-state index is -0.219. The maximum absolute atomic E-state index is 13.3. The Morgan fingerprint density at radius 3 is 2.77 bits per heavy atom. The van der Waals surface area contributed by atoms with Gasteiger partial charge in [-0.2, -0.15) is 0 Å². The number of benzene rings is 1. The third-order valence-electron chi connectivity index (χ3n) is 2.17. The molecule has 0 aliphatic carbocycles. The van der Waals surface area contributed by atoms with Gasteiger partial charge in [0.1, 0.15) is 11.6 Å². The Bertz CT molecular complexity index is 447. The van der Waals surface area contributed by atoms with Crippen LogP contribution in [0.25, 0.3) is 10.9 Å². The highest BCUT2D eigenvalue weighted by Gasteiger charge is 2.08. The second kappa shape index (κ2) is 2.76. The summed E-state index contributed by atoms with van der Waals surface area (Å²) in [7, 11) is 3.39. The van der Waals surface area contributed by atoms with Crippen molar-refractivity contribution in [2.75, 3.05) is 7.11 Å². The fourth-order valence-electron chi connectivity index (χ4n) is 1.52. The number of hydrogen-bond acceptors (Lipinski definition) is 1. The van der Waals surface area contributed by atoms with Gasteiger partial charge < -0.3 is 9.30 Å². The number of methoxy groups -OCH3 is 1. The van der Waals surface area contributed by atoms with Crippen LogP contribution >= 0.6 is 0 Å². The van der Waals surface area contributed by atoms with E-state index < -0.39 is 0 Å². The lowest BCUT2D eigenvalue weighted by Gasteiger charge is -2.03. The first-order valence-electron chi connectivity index (χ1n) is 4.01. The summed E-state index contributed by atoms with van der Waals surface area (Å²) in [4.78, 5) is 0. The van der Waals surface area contributed by atoms with E-state index >= 15 is 0 Å². The molecule has 0 saturated carbocycles. The molecule has 2 nitrogen and oxygen atoms in total. The van der Waals surface area contributed by atoms with Crippen molar-refractivity contribution >= 4 is 10.9 Å². The fourth-order valence-corrected chi connectivity index (χ4v) is 1.52. The molecule has 1 aromatic heterocycles. The van der Waals surface area contributed by atoms with Gasteiger partial charge in [0.15, 0.2) is 0 Å². The van der Waals surface area contributed by atoms with E-state index in [9.17, 15) is 4.39 Å². The Hall–Kier alpha value is -1.51. The number of aryl methyl sites for hydroxylation is 1. The Labute approximate surface area is 75.5 Å². The van der Waals surface area contributed by atoms with Crippen LogP contribution in [0.4, 0.5) is 4.39 Å². The maximum Gasteiger partial charge on any atom is 0.147 e. The number of halogens is 1. The highest BCUT2D eigenvalue weighted by Crippen LogP contribution is 2.27. The molecule has 2 aromatic rings. The molecule has 0 atom stereocenters. The molecule has 13 heavy (non-hydrogen) atoms. The van der Waals surface area contributed by atoms with E-state index in [1.807, 2.05) is 19.3 Å². The summed E-state index contributed by atoms with van der Waals surface area (Å²) in [5.41, 5.74) is 0.583. The second-order valence-corrected chi connectivity index (χ2v) is 2.94. The van der Waals surface area contributed by atoms with Gasteiger partial charge in [0.05, 0.1) is 12.6 Å². The van der Waals surface area contributed by atoms with Crippen LogP contribution in [0.2, 0.25) is 0 Å². The van der Waals surface area contributed by atoms with Gasteiger partial charge in [-0.05, 0) is 18.2 Å². The van der Waals surface area contributed by atoms with Crippen molar-refractivity contribution in [3.05, 3.63) is 30.2 Å². The van der Waals surface area contributed by atoms with Gasteiger partial charge >= 0.3 is 0 Å². The molecule has 0 fully saturated rings. The predicted molar refractivity (Wildman–Crippen MR) is 49.4 cm³/mol. The summed E-state index contributed by atoms with van der Waals surface area (Å²) >= 11 is 0. The maximum atomic E-state index is 13.3. The van der Waals surface area contributed by atoms with Gasteiger partial charge in [0.25, 0.3) is 0 Å². The molecule has 0 N–H and O–H groups in total. The zero-order valence-corrected chi connectivity index (χ0v) is 7.54. The van der Waals surface area contributed by atoms with Crippen molar-refractivity contribution in [2.45, 2.75) is 0 Å². The molecule has 0 unspecified atom stereocenters. The van der Waals surface area contributed by atoms with Gasteiger partial charge in [-0.15, -0.1) is 0 Å². The van der Waals surface area contributed by atoms with E-state index in [-0.39, 0.29) is 5.82 Å². The number of fused-ring (bicyclic) bond motifs is 1. The lowest BCUT2D eigenvalue weighted by molar-refractivity contribution is 0.419. The molecule has 0 amide bonds. The van der Waals surface area contributed by atoms with Crippen LogP contribution < -0.4 is 4.74 Å². The summed E-state index contributed by atoms with van der Waals surface area (Å²) < 4.78 is 20.2. The molecular formula is C10H10FNO. The van der Waals surface area contributed by atoms with Gasteiger partial charge in [-0.3, -0.25) is 0 Å². The van der Waals surface area contributed by atoms with Crippen molar-refractivity contribution < 1.29 is 9.13 Å². The molecule has 0 aliphatic heterocycles. The first-order valence-corrected chi connectivity index (χ1v) is 4.01. The average molecular weight is 179 g/mol. The topological polar surface area (TPSA) is 14.2 Å². The Morgan fingerprint density at radius 1 is 1.31 bits per heavy atom. The van der Waals surface area contributed by atoms with Crippen molar-refractivity contribution in [1.82, 2.24) is 4.57 Å². The van der Waals surface area contributed by atoms with E-state index in [0.717, 1.165) is 5.39 Å². The number of rotatable bonds is 1. The van der Waals surface area contributed by atoms with Gasteiger partial charge in [-0.25, -0.2) is 4.39 Å². The Kier molecular flexibility index (Phi) is 1.72.